The number of carboxylic acid groups (broad SMARTS) is 1. The number of aromatic nitrogens is 2. The number of halogens is 2. The lowest BCUT2D eigenvalue weighted by Crippen LogP contribution is -2.22. The molecule has 0 bridgehead atoms. The van der Waals surface area contributed by atoms with Crippen molar-refractivity contribution in [1.82, 2.24) is 14.7 Å². The van der Waals surface area contributed by atoms with Crippen LogP contribution >= 0.6 is 0 Å². The Morgan fingerprint density at radius 1 is 1.35 bits per heavy atom. The van der Waals surface area contributed by atoms with Crippen molar-refractivity contribution < 1.29 is 18.7 Å². The van der Waals surface area contributed by atoms with Gasteiger partial charge in [0.1, 0.15) is 11.5 Å². The Hall–Kier alpha value is -2.28. The number of hydrogen-bond acceptors (Lipinski definition) is 3. The third kappa shape index (κ3) is 3.92. The van der Waals surface area contributed by atoms with Gasteiger partial charge >= 0.3 is 5.97 Å². The smallest absolute Gasteiger partial charge is 0.304 e. The van der Waals surface area contributed by atoms with Gasteiger partial charge in [0.2, 0.25) is 0 Å². The fraction of sp³-hybridized carbons (Fsp3) is 0.375. The Kier molecular flexibility index (Phi) is 5.10. The molecule has 0 aliphatic heterocycles. The van der Waals surface area contributed by atoms with E-state index in [1.54, 1.807) is 0 Å². The highest BCUT2D eigenvalue weighted by molar-refractivity contribution is 5.66. The summed E-state index contributed by atoms with van der Waals surface area (Å²) in [6.45, 7) is 4.53. The van der Waals surface area contributed by atoms with Crippen LogP contribution in [0.5, 0.6) is 0 Å². The topological polar surface area (TPSA) is 58.4 Å². The average Bonchev–Trinajstić information content (AvgIpc) is 2.73. The fourth-order valence-electron chi connectivity index (χ4n) is 2.43. The number of carboxylic acids is 1. The van der Waals surface area contributed by atoms with Gasteiger partial charge in [0.05, 0.1) is 12.1 Å². The van der Waals surface area contributed by atoms with Gasteiger partial charge in [-0.3, -0.25) is 4.79 Å². The molecule has 0 spiro atoms. The first-order chi connectivity index (χ1) is 10.8. The van der Waals surface area contributed by atoms with Crippen LogP contribution in [-0.2, 0) is 11.3 Å². The van der Waals surface area contributed by atoms with Crippen LogP contribution in [0.15, 0.2) is 18.2 Å². The van der Waals surface area contributed by atoms with E-state index in [0.29, 0.717) is 13.1 Å². The summed E-state index contributed by atoms with van der Waals surface area (Å²) in [5.74, 6) is -2.17. The van der Waals surface area contributed by atoms with E-state index in [9.17, 15) is 13.6 Å². The van der Waals surface area contributed by atoms with Crippen molar-refractivity contribution >= 4 is 5.97 Å². The SMILES string of the molecule is Cc1nn(-c2ccc(F)cc2F)c(C)c1CN(C)CCC(=O)O. The third-order valence-electron chi connectivity index (χ3n) is 3.71. The summed E-state index contributed by atoms with van der Waals surface area (Å²) in [6.07, 6.45) is 0.0509. The zero-order valence-corrected chi connectivity index (χ0v) is 13.3. The van der Waals surface area contributed by atoms with Crippen LogP contribution in [-0.4, -0.2) is 39.3 Å². The highest BCUT2D eigenvalue weighted by Gasteiger charge is 2.17. The van der Waals surface area contributed by atoms with E-state index in [1.165, 1.54) is 16.8 Å². The van der Waals surface area contributed by atoms with Gasteiger partial charge < -0.3 is 10.0 Å². The number of hydrogen-bond donors (Lipinski definition) is 1. The molecular weight excluding hydrogens is 304 g/mol. The standard InChI is InChI=1S/C16H19F2N3O2/c1-10-13(9-20(3)7-6-16(22)23)11(2)21(19-10)15-5-4-12(17)8-14(15)18/h4-5,8H,6-7,9H2,1-3H3,(H,22,23). The highest BCUT2D eigenvalue weighted by atomic mass is 19.1. The van der Waals surface area contributed by atoms with Gasteiger partial charge in [-0.05, 0) is 33.0 Å². The first-order valence-electron chi connectivity index (χ1n) is 7.20. The maximum absolute atomic E-state index is 14.0. The molecule has 0 aliphatic rings. The molecule has 0 aliphatic carbocycles. The predicted octanol–water partition coefficient (Wildman–Crippen LogP) is 2.67. The third-order valence-corrected chi connectivity index (χ3v) is 3.71. The Balaban J connectivity index is 2.27. The van der Waals surface area contributed by atoms with Gasteiger partial charge in [-0.2, -0.15) is 5.10 Å². The lowest BCUT2D eigenvalue weighted by Gasteiger charge is -2.15. The Morgan fingerprint density at radius 2 is 2.04 bits per heavy atom. The van der Waals surface area contributed by atoms with E-state index >= 15 is 0 Å². The molecule has 0 saturated heterocycles. The number of carbonyl (C=O) groups is 1. The van der Waals surface area contributed by atoms with E-state index in [2.05, 4.69) is 5.10 Å². The van der Waals surface area contributed by atoms with Crippen LogP contribution in [0, 0.1) is 25.5 Å². The molecule has 0 unspecified atom stereocenters. The summed E-state index contributed by atoms with van der Waals surface area (Å²) < 4.78 is 28.4. The second kappa shape index (κ2) is 6.87. The molecule has 2 rings (SSSR count). The van der Waals surface area contributed by atoms with Gasteiger partial charge in [0.25, 0.3) is 0 Å². The first-order valence-corrected chi connectivity index (χ1v) is 7.20. The normalized spacial score (nSPS) is 11.2. The molecule has 0 atom stereocenters. The zero-order valence-electron chi connectivity index (χ0n) is 13.3. The minimum atomic E-state index is -0.852. The Morgan fingerprint density at radius 3 is 2.65 bits per heavy atom. The predicted molar refractivity (Wildman–Crippen MR) is 81.5 cm³/mol. The summed E-state index contributed by atoms with van der Waals surface area (Å²) in [6, 6.07) is 3.36. The molecule has 1 heterocycles. The summed E-state index contributed by atoms with van der Waals surface area (Å²) in [4.78, 5) is 12.5. The summed E-state index contributed by atoms with van der Waals surface area (Å²) in [5, 5.41) is 13.1. The second-order valence-electron chi connectivity index (χ2n) is 5.54. The van der Waals surface area contributed by atoms with E-state index < -0.39 is 17.6 Å². The number of aliphatic carboxylic acids is 1. The fourth-order valence-corrected chi connectivity index (χ4v) is 2.43. The number of aryl methyl sites for hydroxylation is 1. The number of benzene rings is 1. The van der Waals surface area contributed by atoms with Crippen LogP contribution in [0.1, 0.15) is 23.4 Å². The highest BCUT2D eigenvalue weighted by Crippen LogP contribution is 2.21. The van der Waals surface area contributed by atoms with E-state index in [-0.39, 0.29) is 12.1 Å². The largest absolute Gasteiger partial charge is 0.481 e. The van der Waals surface area contributed by atoms with E-state index in [0.717, 1.165) is 23.0 Å². The molecule has 23 heavy (non-hydrogen) atoms. The van der Waals surface area contributed by atoms with Crippen LogP contribution in [0.4, 0.5) is 8.78 Å². The van der Waals surface area contributed by atoms with Crippen molar-refractivity contribution in [2.75, 3.05) is 13.6 Å². The second-order valence-corrected chi connectivity index (χ2v) is 5.54. The number of rotatable bonds is 6. The van der Waals surface area contributed by atoms with Gasteiger partial charge in [-0.25, -0.2) is 13.5 Å². The van der Waals surface area contributed by atoms with Crippen LogP contribution in [0.2, 0.25) is 0 Å². The molecule has 0 amide bonds. The quantitative estimate of drug-likeness (QED) is 0.888. The van der Waals surface area contributed by atoms with Crippen molar-refractivity contribution in [2.45, 2.75) is 26.8 Å². The first kappa shape index (κ1) is 17.1. The zero-order chi connectivity index (χ0) is 17.1. The monoisotopic (exact) mass is 323 g/mol. The molecule has 1 aromatic heterocycles. The Labute approximate surface area is 133 Å². The lowest BCUT2D eigenvalue weighted by molar-refractivity contribution is -0.137. The maximum atomic E-state index is 14.0. The summed E-state index contributed by atoms with van der Waals surface area (Å²) >= 11 is 0. The van der Waals surface area contributed by atoms with Crippen molar-refractivity contribution in [3.63, 3.8) is 0 Å². The minimum absolute atomic E-state index is 0.0509. The van der Waals surface area contributed by atoms with Crippen molar-refractivity contribution in [3.8, 4) is 5.69 Å². The van der Waals surface area contributed by atoms with Gasteiger partial charge in [-0.1, -0.05) is 0 Å². The molecule has 2 aromatic rings. The summed E-state index contributed by atoms with van der Waals surface area (Å²) in [7, 11) is 1.82. The van der Waals surface area contributed by atoms with Crippen LogP contribution < -0.4 is 0 Å². The van der Waals surface area contributed by atoms with Crippen molar-refractivity contribution in [2.24, 2.45) is 0 Å². The molecule has 0 radical (unpaired) electrons. The molecule has 7 heteroatoms. The molecule has 0 saturated carbocycles. The lowest BCUT2D eigenvalue weighted by atomic mass is 10.2. The van der Waals surface area contributed by atoms with Gasteiger partial charge in [0, 0.05) is 30.4 Å². The van der Waals surface area contributed by atoms with Crippen LogP contribution in [0.3, 0.4) is 0 Å². The van der Waals surface area contributed by atoms with Gasteiger partial charge in [-0.15, -0.1) is 0 Å². The van der Waals surface area contributed by atoms with E-state index in [4.69, 9.17) is 5.11 Å². The maximum Gasteiger partial charge on any atom is 0.304 e. The molecular formula is C16H19F2N3O2. The van der Waals surface area contributed by atoms with Crippen molar-refractivity contribution in [1.29, 1.82) is 0 Å². The molecule has 124 valence electrons. The Bertz CT molecular complexity index is 728. The number of nitrogens with zero attached hydrogens (tertiary/aromatic N) is 3. The van der Waals surface area contributed by atoms with E-state index in [1.807, 2.05) is 25.8 Å². The van der Waals surface area contributed by atoms with Crippen molar-refractivity contribution in [3.05, 3.63) is 46.8 Å². The molecule has 1 aromatic carbocycles. The summed E-state index contributed by atoms with van der Waals surface area (Å²) in [5.41, 5.74) is 2.57. The molecule has 5 nitrogen and oxygen atoms in total. The molecule has 1 N–H and O–H groups in total. The molecule has 0 fully saturated rings. The minimum Gasteiger partial charge on any atom is -0.481 e. The van der Waals surface area contributed by atoms with Gasteiger partial charge in [0.15, 0.2) is 5.82 Å². The average molecular weight is 323 g/mol. The van der Waals surface area contributed by atoms with Crippen LogP contribution in [0.25, 0.3) is 5.69 Å².